The first-order valence-electron chi connectivity index (χ1n) is 7.57. The van der Waals surface area contributed by atoms with Gasteiger partial charge in [-0.2, -0.15) is 0 Å². The van der Waals surface area contributed by atoms with Gasteiger partial charge in [0.2, 0.25) is 5.91 Å². The maximum absolute atomic E-state index is 11.8. The average molecular weight is 311 g/mol. The van der Waals surface area contributed by atoms with Crippen LogP contribution in [0.4, 0.5) is 4.79 Å². The largest absolute Gasteiger partial charge is 0.451 e. The Kier molecular flexibility index (Phi) is 5.35. The zero-order valence-electron chi connectivity index (χ0n) is 12.5. The summed E-state index contributed by atoms with van der Waals surface area (Å²) < 4.78 is 4.97. The Balaban J connectivity index is 1.72. The van der Waals surface area contributed by atoms with Gasteiger partial charge in [0.25, 0.3) is 5.91 Å². The molecule has 0 spiro atoms. The number of carbonyl (C=O) groups excluding carboxylic acids is 4. The molecule has 2 rings (SSSR count). The Labute approximate surface area is 128 Å². The molecule has 1 aliphatic carbocycles. The quantitative estimate of drug-likeness (QED) is 0.631. The van der Waals surface area contributed by atoms with Crippen LogP contribution in [0.2, 0.25) is 0 Å². The zero-order chi connectivity index (χ0) is 16.1. The number of imide groups is 1. The molecule has 8 heteroatoms. The standard InChI is InChI=1S/C14H21N3O5/c1-8(22-13(20)10-6-7-11(18)16-10)12(19)17-14(21)15-9-4-2-3-5-9/h8-10H,2-7H2,1H3,(H,16,18)(H2,15,17,19,21)/t8-,10+/m0/s1. The first-order chi connectivity index (χ1) is 10.5. The van der Waals surface area contributed by atoms with Crippen molar-refractivity contribution in [2.45, 2.75) is 63.6 Å². The van der Waals surface area contributed by atoms with Crippen molar-refractivity contribution in [3.05, 3.63) is 0 Å². The molecule has 1 saturated heterocycles. The van der Waals surface area contributed by atoms with Gasteiger partial charge < -0.3 is 15.4 Å². The van der Waals surface area contributed by atoms with E-state index in [-0.39, 0.29) is 18.4 Å². The normalized spacial score (nSPS) is 22.8. The van der Waals surface area contributed by atoms with Gasteiger partial charge >= 0.3 is 12.0 Å². The third-order valence-electron chi connectivity index (χ3n) is 3.87. The Morgan fingerprint density at radius 2 is 1.91 bits per heavy atom. The van der Waals surface area contributed by atoms with Gasteiger partial charge in [0.05, 0.1) is 0 Å². The molecule has 1 heterocycles. The maximum Gasteiger partial charge on any atom is 0.329 e. The fourth-order valence-corrected chi connectivity index (χ4v) is 2.61. The summed E-state index contributed by atoms with van der Waals surface area (Å²) in [7, 11) is 0. The summed E-state index contributed by atoms with van der Waals surface area (Å²) in [4.78, 5) is 46.3. The average Bonchev–Trinajstić information content (AvgIpc) is 3.10. The van der Waals surface area contributed by atoms with E-state index in [1.54, 1.807) is 0 Å². The van der Waals surface area contributed by atoms with E-state index in [2.05, 4.69) is 16.0 Å². The molecule has 1 aliphatic heterocycles. The maximum atomic E-state index is 11.8. The van der Waals surface area contributed by atoms with E-state index in [1.165, 1.54) is 6.92 Å². The van der Waals surface area contributed by atoms with E-state index in [0.29, 0.717) is 6.42 Å². The van der Waals surface area contributed by atoms with E-state index in [9.17, 15) is 19.2 Å². The van der Waals surface area contributed by atoms with Gasteiger partial charge in [0, 0.05) is 12.5 Å². The minimum Gasteiger partial charge on any atom is -0.451 e. The molecule has 2 fully saturated rings. The smallest absolute Gasteiger partial charge is 0.329 e. The van der Waals surface area contributed by atoms with E-state index >= 15 is 0 Å². The summed E-state index contributed by atoms with van der Waals surface area (Å²) in [6, 6.07) is -1.19. The van der Waals surface area contributed by atoms with Crippen molar-refractivity contribution in [1.82, 2.24) is 16.0 Å². The highest BCUT2D eigenvalue weighted by Gasteiger charge is 2.31. The molecule has 0 bridgehead atoms. The lowest BCUT2D eigenvalue weighted by Crippen LogP contribution is -2.48. The first kappa shape index (κ1) is 16.3. The van der Waals surface area contributed by atoms with E-state index < -0.39 is 30.1 Å². The van der Waals surface area contributed by atoms with Crippen LogP contribution >= 0.6 is 0 Å². The number of urea groups is 1. The SMILES string of the molecule is C[C@H](OC(=O)[C@H]1CCC(=O)N1)C(=O)NC(=O)NC1CCCC1. The predicted octanol–water partition coefficient (Wildman–Crippen LogP) is -0.0349. The van der Waals surface area contributed by atoms with Crippen molar-refractivity contribution in [2.75, 3.05) is 0 Å². The number of hydrogen-bond acceptors (Lipinski definition) is 5. The molecule has 122 valence electrons. The summed E-state index contributed by atoms with van der Waals surface area (Å²) in [6.07, 6.45) is 3.48. The summed E-state index contributed by atoms with van der Waals surface area (Å²) in [5, 5.41) is 7.33. The topological polar surface area (TPSA) is 114 Å². The van der Waals surface area contributed by atoms with Crippen molar-refractivity contribution in [2.24, 2.45) is 0 Å². The Bertz CT molecular complexity index is 473. The second kappa shape index (κ2) is 7.24. The monoisotopic (exact) mass is 311 g/mol. The van der Waals surface area contributed by atoms with Crippen LogP contribution in [0.3, 0.4) is 0 Å². The molecule has 2 aliphatic rings. The molecule has 0 radical (unpaired) electrons. The van der Waals surface area contributed by atoms with Crippen LogP contribution in [-0.4, -0.2) is 42.0 Å². The fourth-order valence-electron chi connectivity index (χ4n) is 2.61. The lowest BCUT2D eigenvalue weighted by Gasteiger charge is -2.17. The van der Waals surface area contributed by atoms with E-state index in [0.717, 1.165) is 25.7 Å². The predicted molar refractivity (Wildman–Crippen MR) is 75.6 cm³/mol. The minimum atomic E-state index is -1.10. The minimum absolute atomic E-state index is 0.0966. The summed E-state index contributed by atoms with van der Waals surface area (Å²) in [5.74, 6) is -1.56. The Morgan fingerprint density at radius 1 is 1.23 bits per heavy atom. The molecule has 8 nitrogen and oxygen atoms in total. The number of hydrogen-bond donors (Lipinski definition) is 3. The molecule has 22 heavy (non-hydrogen) atoms. The molecule has 0 aromatic heterocycles. The lowest BCUT2D eigenvalue weighted by molar-refractivity contribution is -0.156. The molecular formula is C14H21N3O5. The van der Waals surface area contributed by atoms with Crippen LogP contribution in [0, 0.1) is 0 Å². The van der Waals surface area contributed by atoms with Gasteiger partial charge in [0.15, 0.2) is 6.10 Å². The molecule has 0 aromatic rings. The molecular weight excluding hydrogens is 290 g/mol. The second-order valence-electron chi connectivity index (χ2n) is 5.68. The van der Waals surface area contributed by atoms with Gasteiger partial charge in [-0.25, -0.2) is 9.59 Å². The number of nitrogens with one attached hydrogen (secondary N) is 3. The number of ether oxygens (including phenoxy) is 1. The zero-order valence-corrected chi connectivity index (χ0v) is 12.5. The van der Waals surface area contributed by atoms with Crippen LogP contribution in [0.15, 0.2) is 0 Å². The highest BCUT2D eigenvalue weighted by Crippen LogP contribution is 2.17. The second-order valence-corrected chi connectivity index (χ2v) is 5.68. The van der Waals surface area contributed by atoms with Crippen molar-refractivity contribution in [3.63, 3.8) is 0 Å². The van der Waals surface area contributed by atoms with Crippen molar-refractivity contribution in [1.29, 1.82) is 0 Å². The Hall–Kier alpha value is -2.12. The highest BCUT2D eigenvalue weighted by atomic mass is 16.5. The molecule has 0 aromatic carbocycles. The number of carbonyl (C=O) groups is 4. The van der Waals surface area contributed by atoms with Gasteiger partial charge in [-0.05, 0) is 26.2 Å². The van der Waals surface area contributed by atoms with Crippen molar-refractivity contribution in [3.8, 4) is 0 Å². The van der Waals surface area contributed by atoms with Gasteiger partial charge in [-0.15, -0.1) is 0 Å². The third-order valence-corrected chi connectivity index (χ3v) is 3.87. The number of amides is 4. The molecule has 3 N–H and O–H groups in total. The van der Waals surface area contributed by atoms with Crippen molar-refractivity contribution < 1.29 is 23.9 Å². The lowest BCUT2D eigenvalue weighted by atomic mass is 10.2. The van der Waals surface area contributed by atoms with Crippen LogP contribution in [0.1, 0.15) is 45.4 Å². The highest BCUT2D eigenvalue weighted by molar-refractivity contribution is 5.97. The fraction of sp³-hybridized carbons (Fsp3) is 0.714. The first-order valence-corrected chi connectivity index (χ1v) is 7.57. The van der Waals surface area contributed by atoms with E-state index in [4.69, 9.17) is 4.74 Å². The number of esters is 1. The number of rotatable bonds is 4. The van der Waals surface area contributed by atoms with Gasteiger partial charge in [-0.3, -0.25) is 14.9 Å². The molecule has 0 unspecified atom stereocenters. The summed E-state index contributed by atoms with van der Waals surface area (Å²) in [6.45, 7) is 1.38. The molecule has 2 atom stereocenters. The molecule has 1 saturated carbocycles. The van der Waals surface area contributed by atoms with Crippen LogP contribution in [0.25, 0.3) is 0 Å². The van der Waals surface area contributed by atoms with E-state index in [1.807, 2.05) is 0 Å². The van der Waals surface area contributed by atoms with Crippen molar-refractivity contribution >= 4 is 23.8 Å². The Morgan fingerprint density at radius 3 is 2.50 bits per heavy atom. The third kappa shape index (κ3) is 4.44. The summed E-state index contributed by atoms with van der Waals surface area (Å²) >= 11 is 0. The van der Waals surface area contributed by atoms with Gasteiger partial charge in [0.1, 0.15) is 6.04 Å². The summed E-state index contributed by atoms with van der Waals surface area (Å²) in [5.41, 5.74) is 0. The van der Waals surface area contributed by atoms with Crippen LogP contribution in [-0.2, 0) is 19.1 Å². The molecule has 4 amide bonds. The van der Waals surface area contributed by atoms with Crippen LogP contribution in [0.5, 0.6) is 0 Å². The van der Waals surface area contributed by atoms with Crippen LogP contribution < -0.4 is 16.0 Å². The van der Waals surface area contributed by atoms with Gasteiger partial charge in [-0.1, -0.05) is 12.8 Å².